The summed E-state index contributed by atoms with van der Waals surface area (Å²) in [6.07, 6.45) is 4.51. The van der Waals surface area contributed by atoms with E-state index in [1.54, 1.807) is 6.07 Å². The van der Waals surface area contributed by atoms with Crippen molar-refractivity contribution < 1.29 is 22.5 Å². The molecular formula is C21H29N3O5S. The van der Waals surface area contributed by atoms with E-state index < -0.39 is 10.0 Å². The predicted molar refractivity (Wildman–Crippen MR) is 113 cm³/mol. The molecular weight excluding hydrogens is 406 g/mol. The van der Waals surface area contributed by atoms with E-state index in [1.165, 1.54) is 23.5 Å². The number of carbonyl (C=O) groups excluding carboxylic acids is 1. The van der Waals surface area contributed by atoms with Gasteiger partial charge in [-0.15, -0.1) is 0 Å². The van der Waals surface area contributed by atoms with Crippen LogP contribution in [0.2, 0.25) is 0 Å². The molecule has 1 saturated heterocycles. The van der Waals surface area contributed by atoms with Gasteiger partial charge in [-0.25, -0.2) is 8.42 Å². The first-order valence-corrected chi connectivity index (χ1v) is 11.7. The molecule has 2 aromatic rings. The number of methoxy groups -OCH3 is 1. The summed E-state index contributed by atoms with van der Waals surface area (Å²) < 4.78 is 38.2. The van der Waals surface area contributed by atoms with E-state index in [1.807, 2.05) is 13.8 Å². The van der Waals surface area contributed by atoms with Gasteiger partial charge in [-0.3, -0.25) is 4.79 Å². The minimum absolute atomic E-state index is 0.159. The Morgan fingerprint density at radius 2 is 1.90 bits per heavy atom. The molecule has 0 radical (unpaired) electrons. The maximum atomic E-state index is 13.1. The standard InChI is InChI=1S/C21H29N3O5S/c1-15-18(16(2)29-23-15)9-11-21(25)22-19-14-17(8-10-20(19)28-3)30(26,27)24-12-6-4-5-7-13-24/h8,10,14H,4-7,9,11-13H2,1-3H3,(H,22,25). The highest BCUT2D eigenvalue weighted by atomic mass is 32.2. The van der Waals surface area contributed by atoms with E-state index in [-0.39, 0.29) is 17.2 Å². The predicted octanol–water partition coefficient (Wildman–Crippen LogP) is 3.44. The Bertz CT molecular complexity index is 973. The molecule has 1 aromatic heterocycles. The Balaban J connectivity index is 1.76. The topological polar surface area (TPSA) is 102 Å². The first-order chi connectivity index (χ1) is 14.3. The van der Waals surface area contributed by atoms with Gasteiger partial charge in [0.1, 0.15) is 11.5 Å². The summed E-state index contributed by atoms with van der Waals surface area (Å²) in [6, 6.07) is 4.58. The van der Waals surface area contributed by atoms with E-state index in [0.29, 0.717) is 36.7 Å². The van der Waals surface area contributed by atoms with Crippen LogP contribution < -0.4 is 10.1 Å². The van der Waals surface area contributed by atoms with Gasteiger partial charge >= 0.3 is 0 Å². The van der Waals surface area contributed by atoms with E-state index in [4.69, 9.17) is 9.26 Å². The molecule has 0 bridgehead atoms. The maximum Gasteiger partial charge on any atom is 0.243 e. The van der Waals surface area contributed by atoms with Crippen LogP contribution in [0.1, 0.15) is 49.1 Å². The van der Waals surface area contributed by atoms with Gasteiger partial charge in [-0.05, 0) is 51.3 Å². The summed E-state index contributed by atoms with van der Waals surface area (Å²) in [5.74, 6) is 0.872. The summed E-state index contributed by atoms with van der Waals surface area (Å²) in [5, 5.41) is 6.69. The summed E-state index contributed by atoms with van der Waals surface area (Å²) in [7, 11) is -2.14. The molecule has 2 heterocycles. The normalized spacial score (nSPS) is 15.6. The van der Waals surface area contributed by atoms with Gasteiger partial charge in [0.05, 0.1) is 23.4 Å². The van der Waals surface area contributed by atoms with Crippen LogP contribution in [0.3, 0.4) is 0 Å². The van der Waals surface area contributed by atoms with Crippen molar-refractivity contribution in [2.45, 2.75) is 57.3 Å². The van der Waals surface area contributed by atoms with Crippen molar-refractivity contribution in [1.29, 1.82) is 0 Å². The molecule has 3 rings (SSSR count). The molecule has 0 aliphatic carbocycles. The lowest BCUT2D eigenvalue weighted by atomic mass is 10.1. The van der Waals surface area contributed by atoms with Crippen molar-refractivity contribution in [1.82, 2.24) is 9.46 Å². The molecule has 1 N–H and O–H groups in total. The maximum absolute atomic E-state index is 13.1. The third kappa shape index (κ3) is 5.02. The number of nitrogens with one attached hydrogen (secondary N) is 1. The van der Waals surface area contributed by atoms with Crippen molar-refractivity contribution in [2.75, 3.05) is 25.5 Å². The zero-order chi connectivity index (χ0) is 21.7. The van der Waals surface area contributed by atoms with E-state index in [0.717, 1.165) is 36.9 Å². The van der Waals surface area contributed by atoms with Gasteiger partial charge in [-0.1, -0.05) is 18.0 Å². The van der Waals surface area contributed by atoms with E-state index >= 15 is 0 Å². The van der Waals surface area contributed by atoms with Gasteiger partial charge in [0.15, 0.2) is 0 Å². The van der Waals surface area contributed by atoms with Crippen LogP contribution in [0.15, 0.2) is 27.6 Å². The quantitative estimate of drug-likeness (QED) is 0.715. The Kier molecular flexibility index (Phi) is 7.14. The SMILES string of the molecule is COc1ccc(S(=O)(=O)N2CCCCCC2)cc1NC(=O)CCc1c(C)noc1C. The summed E-state index contributed by atoms with van der Waals surface area (Å²) in [4.78, 5) is 12.7. The van der Waals surface area contributed by atoms with Crippen molar-refractivity contribution >= 4 is 21.6 Å². The van der Waals surface area contributed by atoms with E-state index in [2.05, 4.69) is 10.5 Å². The highest BCUT2D eigenvalue weighted by Gasteiger charge is 2.26. The first-order valence-electron chi connectivity index (χ1n) is 10.2. The monoisotopic (exact) mass is 435 g/mol. The minimum Gasteiger partial charge on any atom is -0.495 e. The number of aryl methyl sites for hydroxylation is 2. The number of amides is 1. The Morgan fingerprint density at radius 3 is 2.50 bits per heavy atom. The highest BCUT2D eigenvalue weighted by molar-refractivity contribution is 7.89. The number of aromatic nitrogens is 1. The number of sulfonamides is 1. The molecule has 30 heavy (non-hydrogen) atoms. The molecule has 0 saturated carbocycles. The third-order valence-electron chi connectivity index (χ3n) is 5.43. The number of ether oxygens (including phenoxy) is 1. The van der Waals surface area contributed by atoms with Crippen LogP contribution in [-0.2, 0) is 21.2 Å². The number of hydrogen-bond donors (Lipinski definition) is 1. The van der Waals surface area contributed by atoms with Crippen molar-refractivity contribution in [3.8, 4) is 5.75 Å². The number of anilines is 1. The zero-order valence-corrected chi connectivity index (χ0v) is 18.5. The van der Waals surface area contributed by atoms with Crippen molar-refractivity contribution in [3.63, 3.8) is 0 Å². The fourth-order valence-electron chi connectivity index (χ4n) is 3.69. The average molecular weight is 436 g/mol. The fourth-order valence-corrected chi connectivity index (χ4v) is 5.23. The van der Waals surface area contributed by atoms with Crippen LogP contribution in [0, 0.1) is 13.8 Å². The lowest BCUT2D eigenvalue weighted by Crippen LogP contribution is -2.32. The van der Waals surface area contributed by atoms with Gasteiger partial charge in [0, 0.05) is 25.1 Å². The lowest BCUT2D eigenvalue weighted by molar-refractivity contribution is -0.116. The third-order valence-corrected chi connectivity index (χ3v) is 7.33. The number of hydrogen-bond acceptors (Lipinski definition) is 6. The molecule has 1 aromatic carbocycles. The van der Waals surface area contributed by atoms with Gasteiger partial charge in [0.2, 0.25) is 15.9 Å². The van der Waals surface area contributed by atoms with E-state index in [9.17, 15) is 13.2 Å². The molecule has 9 heteroatoms. The van der Waals surface area contributed by atoms with Gasteiger partial charge in [0.25, 0.3) is 0 Å². The molecule has 1 aliphatic heterocycles. The second-order valence-corrected chi connectivity index (χ2v) is 9.47. The Labute approximate surface area is 177 Å². The number of carbonyl (C=O) groups is 1. The molecule has 164 valence electrons. The minimum atomic E-state index is -3.62. The Hall–Kier alpha value is -2.39. The summed E-state index contributed by atoms with van der Waals surface area (Å²) >= 11 is 0. The average Bonchev–Trinajstić information content (AvgIpc) is 2.92. The van der Waals surface area contributed by atoms with Crippen LogP contribution in [0.5, 0.6) is 5.75 Å². The molecule has 1 amide bonds. The zero-order valence-electron chi connectivity index (χ0n) is 17.7. The van der Waals surface area contributed by atoms with Crippen LogP contribution in [0.25, 0.3) is 0 Å². The second kappa shape index (κ2) is 9.61. The Morgan fingerprint density at radius 1 is 1.20 bits per heavy atom. The molecule has 0 atom stereocenters. The lowest BCUT2D eigenvalue weighted by Gasteiger charge is -2.21. The molecule has 1 aliphatic rings. The largest absolute Gasteiger partial charge is 0.495 e. The molecule has 0 unspecified atom stereocenters. The van der Waals surface area contributed by atoms with Gasteiger partial charge < -0.3 is 14.6 Å². The molecule has 1 fully saturated rings. The van der Waals surface area contributed by atoms with Gasteiger partial charge in [-0.2, -0.15) is 4.31 Å². The molecule has 8 nitrogen and oxygen atoms in total. The number of rotatable bonds is 7. The summed E-state index contributed by atoms with van der Waals surface area (Å²) in [5.41, 5.74) is 2.02. The highest BCUT2D eigenvalue weighted by Crippen LogP contribution is 2.30. The second-order valence-electron chi connectivity index (χ2n) is 7.53. The molecule has 0 spiro atoms. The summed E-state index contributed by atoms with van der Waals surface area (Å²) in [6.45, 7) is 4.69. The van der Waals surface area contributed by atoms with Crippen LogP contribution in [-0.4, -0.2) is 44.0 Å². The van der Waals surface area contributed by atoms with Crippen LogP contribution >= 0.6 is 0 Å². The fraction of sp³-hybridized carbons (Fsp3) is 0.524. The smallest absolute Gasteiger partial charge is 0.243 e. The number of nitrogens with zero attached hydrogens (tertiary/aromatic N) is 2. The number of benzene rings is 1. The first kappa shape index (κ1) is 22.3. The van der Waals surface area contributed by atoms with Crippen molar-refractivity contribution in [3.05, 3.63) is 35.2 Å². The van der Waals surface area contributed by atoms with Crippen molar-refractivity contribution in [2.24, 2.45) is 0 Å². The van der Waals surface area contributed by atoms with Crippen LogP contribution in [0.4, 0.5) is 5.69 Å².